The highest BCUT2D eigenvalue weighted by atomic mass is 35.5. The van der Waals surface area contributed by atoms with E-state index >= 15 is 0 Å². The summed E-state index contributed by atoms with van der Waals surface area (Å²) in [5.74, 6) is -1.06. The third-order valence-corrected chi connectivity index (χ3v) is 4.04. The van der Waals surface area contributed by atoms with Crippen molar-refractivity contribution in [2.24, 2.45) is 5.73 Å². The van der Waals surface area contributed by atoms with Crippen molar-refractivity contribution in [3.05, 3.63) is 62.3 Å². The second-order valence-corrected chi connectivity index (χ2v) is 6.69. The molecule has 0 fully saturated rings. The van der Waals surface area contributed by atoms with Gasteiger partial charge in [0.25, 0.3) is 5.56 Å². The number of alkyl halides is 3. The normalized spacial score (nSPS) is 11.7. The maximum absolute atomic E-state index is 14.4. The Morgan fingerprint density at radius 3 is 2.46 bits per heavy atom. The second kappa shape index (κ2) is 8.19. The van der Waals surface area contributed by atoms with Crippen LogP contribution in [0.3, 0.4) is 0 Å². The molecule has 2 aromatic rings. The molecule has 0 aliphatic heterocycles. The number of nitrogens with one attached hydrogen (secondary N) is 1. The first-order chi connectivity index (χ1) is 12.9. The van der Waals surface area contributed by atoms with E-state index < -0.39 is 46.3 Å². The Morgan fingerprint density at radius 2 is 1.93 bits per heavy atom. The molecular formula is C17H17ClF4N4O2. The SMILES string of the molecule is CN(C)Cc1ccc(NC(N)=O)c(=O)n1Cc1cc(C(F)(F)F)cc(Cl)c1F. The summed E-state index contributed by atoms with van der Waals surface area (Å²) in [7, 11) is 3.43. The van der Waals surface area contributed by atoms with E-state index in [1.54, 1.807) is 19.0 Å². The van der Waals surface area contributed by atoms with E-state index in [-0.39, 0.29) is 12.2 Å². The van der Waals surface area contributed by atoms with E-state index in [9.17, 15) is 27.2 Å². The number of halogens is 5. The van der Waals surface area contributed by atoms with Crippen LogP contribution < -0.4 is 16.6 Å². The summed E-state index contributed by atoms with van der Waals surface area (Å²) >= 11 is 5.61. The van der Waals surface area contributed by atoms with Crippen LogP contribution in [0.5, 0.6) is 0 Å². The molecule has 1 aromatic heterocycles. The lowest BCUT2D eigenvalue weighted by molar-refractivity contribution is -0.137. The van der Waals surface area contributed by atoms with Crippen molar-refractivity contribution in [1.29, 1.82) is 0 Å². The minimum absolute atomic E-state index is 0.187. The van der Waals surface area contributed by atoms with Gasteiger partial charge in [0.2, 0.25) is 0 Å². The molecule has 28 heavy (non-hydrogen) atoms. The molecule has 0 saturated heterocycles. The first-order valence-corrected chi connectivity index (χ1v) is 8.27. The average Bonchev–Trinajstić information content (AvgIpc) is 2.55. The Kier molecular flexibility index (Phi) is 6.35. The van der Waals surface area contributed by atoms with Crippen molar-refractivity contribution < 1.29 is 22.4 Å². The van der Waals surface area contributed by atoms with Crippen molar-refractivity contribution in [1.82, 2.24) is 9.47 Å². The number of primary amides is 1. The Hall–Kier alpha value is -2.59. The number of amides is 2. The van der Waals surface area contributed by atoms with Crippen molar-refractivity contribution in [3.8, 4) is 0 Å². The molecule has 0 bridgehead atoms. The number of aromatic nitrogens is 1. The van der Waals surface area contributed by atoms with Crippen LogP contribution in [0, 0.1) is 5.82 Å². The summed E-state index contributed by atoms with van der Waals surface area (Å²) in [6.45, 7) is -0.286. The fourth-order valence-electron chi connectivity index (χ4n) is 2.57. The van der Waals surface area contributed by atoms with Gasteiger partial charge in [0.05, 0.1) is 17.1 Å². The summed E-state index contributed by atoms with van der Waals surface area (Å²) in [6, 6.07) is 2.89. The average molecular weight is 421 g/mol. The highest BCUT2D eigenvalue weighted by Gasteiger charge is 2.32. The van der Waals surface area contributed by atoms with Gasteiger partial charge < -0.3 is 20.5 Å². The predicted molar refractivity (Wildman–Crippen MR) is 96.8 cm³/mol. The van der Waals surface area contributed by atoms with Crippen LogP contribution in [0.2, 0.25) is 5.02 Å². The fraction of sp³-hybridized carbons (Fsp3) is 0.294. The van der Waals surface area contributed by atoms with Crippen LogP contribution in [0.4, 0.5) is 28.0 Å². The van der Waals surface area contributed by atoms with Gasteiger partial charge in [-0.05, 0) is 38.4 Å². The summed E-state index contributed by atoms with van der Waals surface area (Å²) in [4.78, 5) is 25.5. The zero-order valence-corrected chi connectivity index (χ0v) is 15.7. The van der Waals surface area contributed by atoms with Crippen LogP contribution in [0.15, 0.2) is 29.1 Å². The molecule has 2 rings (SSSR count). The van der Waals surface area contributed by atoms with Gasteiger partial charge in [0, 0.05) is 17.8 Å². The van der Waals surface area contributed by atoms with Gasteiger partial charge in [0.1, 0.15) is 11.5 Å². The molecule has 0 radical (unpaired) electrons. The maximum Gasteiger partial charge on any atom is 0.416 e. The maximum atomic E-state index is 14.4. The molecule has 11 heteroatoms. The predicted octanol–water partition coefficient (Wildman–Crippen LogP) is 3.26. The molecule has 1 heterocycles. The monoisotopic (exact) mass is 420 g/mol. The lowest BCUT2D eigenvalue weighted by Gasteiger charge is -2.19. The highest BCUT2D eigenvalue weighted by Crippen LogP contribution is 2.33. The summed E-state index contributed by atoms with van der Waals surface area (Å²) in [5.41, 5.74) is 2.92. The number of nitrogens with two attached hydrogens (primary N) is 1. The number of urea groups is 1. The van der Waals surface area contributed by atoms with Gasteiger partial charge in [-0.25, -0.2) is 9.18 Å². The van der Waals surface area contributed by atoms with E-state index in [0.29, 0.717) is 17.8 Å². The number of hydrogen-bond acceptors (Lipinski definition) is 3. The molecule has 0 saturated carbocycles. The Labute approximate surface area is 162 Å². The number of rotatable bonds is 5. The highest BCUT2D eigenvalue weighted by molar-refractivity contribution is 6.30. The summed E-state index contributed by atoms with van der Waals surface area (Å²) in [6.07, 6.45) is -4.74. The standard InChI is InChI=1S/C17H17ClF4N4O2/c1-25(2)8-11-3-4-13(24-16(23)28)15(27)26(11)7-9-5-10(17(20,21)22)6-12(18)14(9)19/h3-6H,7-8H2,1-2H3,(H3,23,24,28). The van der Waals surface area contributed by atoms with Crippen LogP contribution in [-0.4, -0.2) is 29.6 Å². The second-order valence-electron chi connectivity index (χ2n) is 6.29. The number of nitrogens with zero attached hydrogens (tertiary/aromatic N) is 2. The number of benzene rings is 1. The quantitative estimate of drug-likeness (QED) is 0.729. The molecule has 0 spiro atoms. The van der Waals surface area contributed by atoms with E-state index in [1.807, 2.05) is 0 Å². The zero-order chi connectivity index (χ0) is 21.2. The van der Waals surface area contributed by atoms with Crippen LogP contribution >= 0.6 is 11.6 Å². The minimum atomic E-state index is -4.74. The number of pyridine rings is 1. The number of anilines is 1. The first kappa shape index (κ1) is 21.7. The lowest BCUT2D eigenvalue weighted by atomic mass is 10.1. The molecule has 0 unspecified atom stereocenters. The molecule has 0 atom stereocenters. The van der Waals surface area contributed by atoms with Gasteiger partial charge in [0.15, 0.2) is 0 Å². The Morgan fingerprint density at radius 1 is 1.29 bits per heavy atom. The minimum Gasteiger partial charge on any atom is -0.351 e. The third-order valence-electron chi connectivity index (χ3n) is 3.76. The number of hydrogen-bond donors (Lipinski definition) is 2. The van der Waals surface area contributed by atoms with E-state index in [4.69, 9.17) is 17.3 Å². The molecule has 6 nitrogen and oxygen atoms in total. The molecular weight excluding hydrogens is 404 g/mol. The van der Waals surface area contributed by atoms with Crippen molar-refractivity contribution in [2.45, 2.75) is 19.3 Å². The van der Waals surface area contributed by atoms with Gasteiger partial charge in [-0.3, -0.25) is 4.79 Å². The zero-order valence-electron chi connectivity index (χ0n) is 14.9. The van der Waals surface area contributed by atoms with Crippen LogP contribution in [0.1, 0.15) is 16.8 Å². The summed E-state index contributed by atoms with van der Waals surface area (Å²) in [5, 5.41) is 1.42. The van der Waals surface area contributed by atoms with Crippen molar-refractivity contribution >= 4 is 23.3 Å². The van der Waals surface area contributed by atoms with Gasteiger partial charge in [-0.15, -0.1) is 0 Å². The van der Waals surface area contributed by atoms with E-state index in [1.165, 1.54) is 12.1 Å². The number of carbonyl (C=O) groups is 1. The lowest BCUT2D eigenvalue weighted by Crippen LogP contribution is -2.32. The smallest absolute Gasteiger partial charge is 0.351 e. The molecule has 152 valence electrons. The number of carbonyl (C=O) groups excluding carboxylic acids is 1. The molecule has 1 aromatic carbocycles. The van der Waals surface area contributed by atoms with Crippen LogP contribution in [-0.2, 0) is 19.3 Å². The first-order valence-electron chi connectivity index (χ1n) is 7.89. The molecule has 2 amide bonds. The summed E-state index contributed by atoms with van der Waals surface area (Å²) < 4.78 is 54.5. The van der Waals surface area contributed by atoms with Crippen molar-refractivity contribution in [3.63, 3.8) is 0 Å². The molecule has 0 aliphatic rings. The third kappa shape index (κ3) is 5.02. The molecule has 0 aliphatic carbocycles. The fourth-order valence-corrected chi connectivity index (χ4v) is 2.81. The van der Waals surface area contributed by atoms with E-state index in [2.05, 4.69) is 5.32 Å². The Balaban J connectivity index is 2.62. The van der Waals surface area contributed by atoms with Gasteiger partial charge >= 0.3 is 12.2 Å². The Bertz CT molecular complexity index is 957. The van der Waals surface area contributed by atoms with Gasteiger partial charge in [-0.2, -0.15) is 13.2 Å². The van der Waals surface area contributed by atoms with Crippen molar-refractivity contribution in [2.75, 3.05) is 19.4 Å². The van der Waals surface area contributed by atoms with Gasteiger partial charge in [-0.1, -0.05) is 11.6 Å². The van der Waals surface area contributed by atoms with E-state index in [0.717, 1.165) is 4.57 Å². The topological polar surface area (TPSA) is 80.4 Å². The largest absolute Gasteiger partial charge is 0.416 e. The van der Waals surface area contributed by atoms with Crippen LogP contribution in [0.25, 0.3) is 0 Å². The molecule has 3 N–H and O–H groups in total.